The Morgan fingerprint density at radius 1 is 0.900 bits per heavy atom. The molecule has 30 heavy (non-hydrogen) atoms. The smallest absolute Gasteiger partial charge is 0.268 e. The van der Waals surface area contributed by atoms with E-state index in [1.165, 1.54) is 4.90 Å². The summed E-state index contributed by atoms with van der Waals surface area (Å²) in [5.74, 6) is -0.224. The molecule has 0 heterocycles. The lowest BCUT2D eigenvalue weighted by atomic mass is 10.1. The second-order valence-corrected chi connectivity index (χ2v) is 7.38. The normalized spacial score (nSPS) is 11.4. The largest absolute Gasteiger partial charge is 0.476 e. The number of likely N-dealkylation sites (N-methyl/N-ethyl adjacent to an activating group) is 1. The second-order valence-electron chi connectivity index (χ2n) is 6.56. The van der Waals surface area contributed by atoms with E-state index in [2.05, 4.69) is 5.32 Å². The molecule has 0 radical (unpaired) electrons. The minimum atomic E-state index is -0.893. The molecule has 0 aromatic heterocycles. The lowest BCUT2D eigenvalue weighted by Gasteiger charge is -2.24. The molecular formula is C23H20Cl2N2O3. The first-order chi connectivity index (χ1) is 14.5. The van der Waals surface area contributed by atoms with Gasteiger partial charge in [0.15, 0.2) is 0 Å². The van der Waals surface area contributed by atoms with Crippen molar-refractivity contribution in [1.82, 2.24) is 4.90 Å². The van der Waals surface area contributed by atoms with Crippen LogP contribution in [0.4, 0.5) is 5.69 Å². The van der Waals surface area contributed by atoms with Crippen LogP contribution >= 0.6 is 23.2 Å². The lowest BCUT2D eigenvalue weighted by Crippen LogP contribution is -2.39. The molecular weight excluding hydrogens is 423 g/mol. The first-order valence-electron chi connectivity index (χ1n) is 9.21. The topological polar surface area (TPSA) is 58.6 Å². The van der Waals surface area contributed by atoms with Crippen LogP contribution in [0.2, 0.25) is 10.0 Å². The molecule has 5 nitrogen and oxygen atoms in total. The van der Waals surface area contributed by atoms with Crippen LogP contribution in [0.3, 0.4) is 0 Å². The van der Waals surface area contributed by atoms with E-state index in [4.69, 9.17) is 27.9 Å². The third-order valence-electron chi connectivity index (χ3n) is 4.31. The van der Waals surface area contributed by atoms with Crippen LogP contribution in [0.5, 0.6) is 5.75 Å². The molecule has 0 aliphatic carbocycles. The van der Waals surface area contributed by atoms with Gasteiger partial charge >= 0.3 is 0 Å². The summed E-state index contributed by atoms with van der Waals surface area (Å²) in [6.45, 7) is -0.193. The van der Waals surface area contributed by atoms with Crippen LogP contribution in [0.15, 0.2) is 78.9 Å². The number of ether oxygens (including phenoxy) is 1. The Morgan fingerprint density at radius 3 is 2.07 bits per heavy atom. The summed E-state index contributed by atoms with van der Waals surface area (Å²) >= 11 is 12.2. The van der Waals surface area contributed by atoms with E-state index in [0.29, 0.717) is 27.0 Å². The SMILES string of the molecule is CN(CC(=O)Nc1c(Cl)cccc1Cl)C(=O)C(Oc1ccccc1)c1ccccc1. The quantitative estimate of drug-likeness (QED) is 0.546. The van der Waals surface area contributed by atoms with E-state index in [9.17, 15) is 9.59 Å². The number of nitrogens with zero attached hydrogens (tertiary/aromatic N) is 1. The lowest BCUT2D eigenvalue weighted by molar-refractivity contribution is -0.140. The minimum absolute atomic E-state index is 0.193. The van der Waals surface area contributed by atoms with Gasteiger partial charge < -0.3 is 15.0 Å². The van der Waals surface area contributed by atoms with Crippen LogP contribution < -0.4 is 10.1 Å². The standard InChI is InChI=1S/C23H20Cl2N2O3/c1-27(15-20(28)26-21-18(24)13-8-14-19(21)25)23(29)22(16-9-4-2-5-10-16)30-17-11-6-3-7-12-17/h2-14,22H,15H2,1H3,(H,26,28). The van der Waals surface area contributed by atoms with Gasteiger partial charge in [-0.15, -0.1) is 0 Å². The summed E-state index contributed by atoms with van der Waals surface area (Å²) in [7, 11) is 1.54. The average Bonchev–Trinajstić information content (AvgIpc) is 2.75. The van der Waals surface area contributed by atoms with Crippen LogP contribution in [0, 0.1) is 0 Å². The van der Waals surface area contributed by atoms with Crippen molar-refractivity contribution in [3.63, 3.8) is 0 Å². The van der Waals surface area contributed by atoms with Crippen molar-refractivity contribution in [2.24, 2.45) is 0 Å². The van der Waals surface area contributed by atoms with Gasteiger partial charge in [-0.25, -0.2) is 0 Å². The number of para-hydroxylation sites is 2. The van der Waals surface area contributed by atoms with Gasteiger partial charge in [0.2, 0.25) is 12.0 Å². The van der Waals surface area contributed by atoms with Crippen molar-refractivity contribution >= 4 is 40.7 Å². The van der Waals surface area contributed by atoms with Crippen molar-refractivity contribution in [2.75, 3.05) is 18.9 Å². The number of anilines is 1. The Morgan fingerprint density at radius 2 is 1.47 bits per heavy atom. The highest BCUT2D eigenvalue weighted by molar-refractivity contribution is 6.39. The van der Waals surface area contributed by atoms with Gasteiger partial charge in [-0.2, -0.15) is 0 Å². The van der Waals surface area contributed by atoms with Crippen molar-refractivity contribution in [1.29, 1.82) is 0 Å². The number of rotatable bonds is 7. The molecule has 1 N–H and O–H groups in total. The zero-order valence-corrected chi connectivity index (χ0v) is 17.7. The third-order valence-corrected chi connectivity index (χ3v) is 4.94. The number of carbonyl (C=O) groups excluding carboxylic acids is 2. The number of halogens is 2. The summed E-state index contributed by atoms with van der Waals surface area (Å²) in [4.78, 5) is 26.9. The maximum absolute atomic E-state index is 13.1. The van der Waals surface area contributed by atoms with Gasteiger partial charge in [0, 0.05) is 12.6 Å². The molecule has 0 spiro atoms. The fraction of sp³-hybridized carbons (Fsp3) is 0.130. The van der Waals surface area contributed by atoms with E-state index in [1.807, 2.05) is 48.5 Å². The summed E-state index contributed by atoms with van der Waals surface area (Å²) < 4.78 is 5.96. The van der Waals surface area contributed by atoms with Crippen LogP contribution in [-0.4, -0.2) is 30.3 Å². The molecule has 2 amide bonds. The number of nitrogens with one attached hydrogen (secondary N) is 1. The predicted octanol–water partition coefficient (Wildman–Crippen LogP) is 5.21. The molecule has 1 unspecified atom stereocenters. The molecule has 0 aliphatic rings. The van der Waals surface area contributed by atoms with Gasteiger partial charge in [0.05, 0.1) is 22.3 Å². The Labute approximate surface area is 185 Å². The Bertz CT molecular complexity index is 993. The first-order valence-corrected chi connectivity index (χ1v) is 9.97. The summed E-state index contributed by atoms with van der Waals surface area (Å²) in [6.07, 6.45) is -0.893. The van der Waals surface area contributed by atoms with E-state index in [-0.39, 0.29) is 12.5 Å². The van der Waals surface area contributed by atoms with Crippen molar-refractivity contribution in [3.8, 4) is 5.75 Å². The third kappa shape index (κ3) is 5.53. The highest BCUT2D eigenvalue weighted by Gasteiger charge is 2.27. The molecule has 7 heteroatoms. The van der Waals surface area contributed by atoms with Crippen molar-refractivity contribution in [2.45, 2.75) is 6.10 Å². The molecule has 3 aromatic rings. The van der Waals surface area contributed by atoms with Crippen LogP contribution in [-0.2, 0) is 9.59 Å². The number of hydrogen-bond donors (Lipinski definition) is 1. The summed E-state index contributed by atoms with van der Waals surface area (Å²) in [5.41, 5.74) is 1.000. The second kappa shape index (κ2) is 10.1. The van der Waals surface area contributed by atoms with E-state index in [0.717, 1.165) is 0 Å². The van der Waals surface area contributed by atoms with Crippen LogP contribution in [0.1, 0.15) is 11.7 Å². The molecule has 3 rings (SSSR count). The Balaban J connectivity index is 1.74. The fourth-order valence-electron chi connectivity index (χ4n) is 2.81. The fourth-order valence-corrected chi connectivity index (χ4v) is 3.31. The number of carbonyl (C=O) groups is 2. The van der Waals surface area contributed by atoms with Gasteiger partial charge in [-0.1, -0.05) is 77.8 Å². The molecule has 0 aliphatic heterocycles. The minimum Gasteiger partial charge on any atom is -0.476 e. The molecule has 3 aromatic carbocycles. The van der Waals surface area contributed by atoms with E-state index < -0.39 is 12.0 Å². The maximum Gasteiger partial charge on any atom is 0.268 e. The van der Waals surface area contributed by atoms with E-state index >= 15 is 0 Å². The molecule has 0 fully saturated rings. The molecule has 0 saturated carbocycles. The predicted molar refractivity (Wildman–Crippen MR) is 119 cm³/mol. The highest BCUT2D eigenvalue weighted by Crippen LogP contribution is 2.30. The Hall–Kier alpha value is -3.02. The number of benzene rings is 3. The Kier molecular flexibility index (Phi) is 7.33. The zero-order chi connectivity index (χ0) is 21.5. The van der Waals surface area contributed by atoms with Crippen LogP contribution in [0.25, 0.3) is 0 Å². The molecule has 0 saturated heterocycles. The average molecular weight is 443 g/mol. The first kappa shape index (κ1) is 21.7. The molecule has 0 bridgehead atoms. The molecule has 154 valence electrons. The van der Waals surface area contributed by atoms with E-state index in [1.54, 1.807) is 37.4 Å². The maximum atomic E-state index is 13.1. The van der Waals surface area contributed by atoms with Gasteiger partial charge in [-0.05, 0) is 24.3 Å². The molecule has 1 atom stereocenters. The zero-order valence-electron chi connectivity index (χ0n) is 16.2. The number of hydrogen-bond acceptors (Lipinski definition) is 3. The van der Waals surface area contributed by atoms with Gasteiger partial charge in [-0.3, -0.25) is 9.59 Å². The van der Waals surface area contributed by atoms with Gasteiger partial charge in [0.25, 0.3) is 5.91 Å². The summed E-state index contributed by atoms with van der Waals surface area (Å²) in [5, 5.41) is 3.29. The van der Waals surface area contributed by atoms with Crippen molar-refractivity contribution in [3.05, 3.63) is 94.5 Å². The van der Waals surface area contributed by atoms with Crippen molar-refractivity contribution < 1.29 is 14.3 Å². The number of amides is 2. The van der Waals surface area contributed by atoms with Gasteiger partial charge in [0.1, 0.15) is 5.75 Å². The monoisotopic (exact) mass is 442 g/mol. The highest BCUT2D eigenvalue weighted by atomic mass is 35.5. The summed E-state index contributed by atoms with van der Waals surface area (Å²) in [6, 6.07) is 23.1.